The predicted molar refractivity (Wildman–Crippen MR) is 135 cm³/mol. The number of carbonyl (C=O) groups excluding carboxylic acids is 1. The van der Waals surface area contributed by atoms with Gasteiger partial charge in [0.25, 0.3) is 0 Å². The van der Waals surface area contributed by atoms with Crippen LogP contribution < -0.4 is 15.2 Å². The van der Waals surface area contributed by atoms with E-state index < -0.39 is 10.0 Å². The summed E-state index contributed by atoms with van der Waals surface area (Å²) in [5, 5.41) is 8.92. The molecule has 1 saturated heterocycles. The number of benzene rings is 2. The second-order valence-corrected chi connectivity index (χ2v) is 12.0. The number of anilines is 1. The Balaban J connectivity index is 1.59. The van der Waals surface area contributed by atoms with Gasteiger partial charge in [-0.05, 0) is 73.8 Å². The molecule has 3 N–H and O–H groups in total. The van der Waals surface area contributed by atoms with Gasteiger partial charge in [-0.25, -0.2) is 13.6 Å². The lowest BCUT2D eigenvalue weighted by atomic mass is 9.61. The van der Waals surface area contributed by atoms with Gasteiger partial charge >= 0.3 is 5.97 Å². The quantitative estimate of drug-likeness (QED) is 0.462. The number of rotatable bonds is 7. The van der Waals surface area contributed by atoms with Crippen LogP contribution in [0.3, 0.4) is 0 Å². The maximum Gasteiger partial charge on any atom is 0.313 e. The maximum absolute atomic E-state index is 12.2. The highest BCUT2D eigenvalue weighted by molar-refractivity contribution is 7.89. The molecule has 8 heteroatoms. The Labute approximate surface area is 202 Å². The number of piperidine rings is 1. The molecular formula is C26H35N3O4S. The van der Waals surface area contributed by atoms with Crippen molar-refractivity contribution in [1.82, 2.24) is 4.90 Å². The smallest absolute Gasteiger partial charge is 0.313 e. The minimum absolute atomic E-state index is 0.0617. The third-order valence-electron chi connectivity index (χ3n) is 7.39. The normalized spacial score (nSPS) is 24.5. The fourth-order valence-electron chi connectivity index (χ4n) is 5.24. The zero-order valence-corrected chi connectivity index (χ0v) is 21.2. The molecule has 2 aromatic rings. The van der Waals surface area contributed by atoms with E-state index >= 15 is 0 Å². The number of sulfonamides is 1. The number of nitrogens with two attached hydrogens (primary N) is 1. The van der Waals surface area contributed by atoms with Crippen molar-refractivity contribution in [1.29, 1.82) is 0 Å². The van der Waals surface area contributed by atoms with Crippen LogP contribution in [0, 0.1) is 5.92 Å². The van der Waals surface area contributed by atoms with E-state index in [0.717, 1.165) is 30.6 Å². The third kappa shape index (κ3) is 5.14. The number of esters is 1. The third-order valence-corrected chi connectivity index (χ3v) is 8.16. The van der Waals surface area contributed by atoms with E-state index in [-0.39, 0.29) is 29.1 Å². The van der Waals surface area contributed by atoms with Crippen LogP contribution in [0.1, 0.15) is 43.9 Å². The minimum atomic E-state index is -3.48. The molecule has 2 aliphatic rings. The number of aryl methyl sites for hydroxylation is 1. The minimum Gasteiger partial charge on any atom is -0.426 e. The Bertz CT molecular complexity index is 1160. The summed E-state index contributed by atoms with van der Waals surface area (Å²) in [7, 11) is -1.30. The molecule has 0 saturated carbocycles. The molecular weight excluding hydrogens is 450 g/mol. The molecule has 1 aliphatic heterocycles. The average Bonchev–Trinajstić information content (AvgIpc) is 2.77. The van der Waals surface area contributed by atoms with Gasteiger partial charge in [-0.15, -0.1) is 0 Å². The Kier molecular flexibility index (Phi) is 6.77. The van der Waals surface area contributed by atoms with Crippen molar-refractivity contribution in [2.75, 3.05) is 24.7 Å². The van der Waals surface area contributed by atoms with Gasteiger partial charge in [0.2, 0.25) is 10.0 Å². The van der Waals surface area contributed by atoms with Crippen molar-refractivity contribution in [3.8, 4) is 5.75 Å². The summed E-state index contributed by atoms with van der Waals surface area (Å²) in [5.41, 5.74) is 4.36. The Hall–Kier alpha value is -2.42. The van der Waals surface area contributed by atoms with Crippen LogP contribution in [0.4, 0.5) is 5.69 Å². The van der Waals surface area contributed by atoms with E-state index in [9.17, 15) is 13.2 Å². The molecule has 3 atom stereocenters. The summed E-state index contributed by atoms with van der Waals surface area (Å²) in [6.07, 6.45) is 2.31. The average molecular weight is 486 g/mol. The fourth-order valence-corrected chi connectivity index (χ4v) is 5.76. The molecule has 1 heterocycles. The van der Waals surface area contributed by atoms with Crippen LogP contribution in [-0.4, -0.2) is 50.7 Å². The molecule has 2 aromatic carbocycles. The fraction of sp³-hybridized carbons (Fsp3) is 0.500. The standard InChI is InChI=1S/C26H35N3O4S/c1-17(2)25(30)33-21-10-7-19-15-23-24(26(3,22(19)16-21)12-13-29(23)4)28-20-8-5-18(6-9-20)11-14-34(27,31)32/h5-10,16-17,23-24,28H,11-15H2,1-4H3,(H2,27,31,32)/t23?,24-,26-/m1/s1. The molecule has 1 aliphatic carbocycles. The van der Waals surface area contributed by atoms with Crippen LogP contribution >= 0.6 is 0 Å². The number of primary sulfonamides is 1. The van der Waals surface area contributed by atoms with Gasteiger partial charge in [-0.1, -0.05) is 39.0 Å². The Morgan fingerprint density at radius 2 is 1.94 bits per heavy atom. The largest absolute Gasteiger partial charge is 0.426 e. The summed E-state index contributed by atoms with van der Waals surface area (Å²) in [5.74, 6) is 0.142. The first-order chi connectivity index (χ1) is 16.0. The topological polar surface area (TPSA) is 102 Å². The molecule has 184 valence electrons. The highest BCUT2D eigenvalue weighted by Crippen LogP contribution is 2.46. The van der Waals surface area contributed by atoms with Crippen molar-refractivity contribution >= 4 is 21.7 Å². The van der Waals surface area contributed by atoms with Crippen LogP contribution in [0.25, 0.3) is 0 Å². The van der Waals surface area contributed by atoms with Gasteiger partial charge in [0, 0.05) is 17.1 Å². The van der Waals surface area contributed by atoms with E-state index in [0.29, 0.717) is 18.2 Å². The number of ether oxygens (including phenoxy) is 1. The molecule has 34 heavy (non-hydrogen) atoms. The molecule has 0 aromatic heterocycles. The molecule has 7 nitrogen and oxygen atoms in total. The lowest BCUT2D eigenvalue weighted by molar-refractivity contribution is -0.137. The first-order valence-corrected chi connectivity index (χ1v) is 13.6. The van der Waals surface area contributed by atoms with Crippen LogP contribution in [0.5, 0.6) is 5.75 Å². The van der Waals surface area contributed by atoms with Crippen LogP contribution in [-0.2, 0) is 33.1 Å². The Morgan fingerprint density at radius 1 is 1.24 bits per heavy atom. The number of likely N-dealkylation sites (tertiary alicyclic amines) is 1. The number of hydrogen-bond acceptors (Lipinski definition) is 6. The van der Waals surface area contributed by atoms with E-state index in [2.05, 4.69) is 36.3 Å². The van der Waals surface area contributed by atoms with Gasteiger partial charge in [-0.3, -0.25) is 4.79 Å². The molecule has 1 unspecified atom stereocenters. The van der Waals surface area contributed by atoms with Gasteiger partial charge in [-0.2, -0.15) is 0 Å². The van der Waals surface area contributed by atoms with E-state index in [4.69, 9.17) is 9.88 Å². The van der Waals surface area contributed by atoms with Crippen molar-refractivity contribution in [3.63, 3.8) is 0 Å². The number of nitrogens with one attached hydrogen (secondary N) is 1. The Morgan fingerprint density at radius 3 is 2.59 bits per heavy atom. The van der Waals surface area contributed by atoms with Gasteiger partial charge < -0.3 is 15.0 Å². The highest BCUT2D eigenvalue weighted by Gasteiger charge is 2.50. The maximum atomic E-state index is 12.2. The zero-order valence-electron chi connectivity index (χ0n) is 20.4. The van der Waals surface area contributed by atoms with Crippen LogP contribution in [0.15, 0.2) is 42.5 Å². The molecule has 0 radical (unpaired) electrons. The van der Waals surface area contributed by atoms with E-state index in [1.807, 2.05) is 44.2 Å². The number of likely N-dealkylation sites (N-methyl/N-ethyl adjacent to an activating group) is 1. The molecule has 0 amide bonds. The van der Waals surface area contributed by atoms with Gasteiger partial charge in [0.05, 0.1) is 17.7 Å². The molecule has 4 rings (SSSR count). The van der Waals surface area contributed by atoms with Gasteiger partial charge in [0.15, 0.2) is 0 Å². The van der Waals surface area contributed by atoms with Crippen LogP contribution in [0.2, 0.25) is 0 Å². The highest BCUT2D eigenvalue weighted by atomic mass is 32.2. The summed E-state index contributed by atoms with van der Waals surface area (Å²) < 4.78 is 28.2. The first-order valence-electron chi connectivity index (χ1n) is 11.9. The second kappa shape index (κ2) is 9.32. The second-order valence-electron chi connectivity index (χ2n) is 10.3. The van der Waals surface area contributed by atoms with Crippen molar-refractivity contribution in [2.45, 2.75) is 57.5 Å². The monoisotopic (exact) mass is 485 g/mol. The molecule has 2 bridgehead atoms. The lowest BCUT2D eigenvalue weighted by Gasteiger charge is -2.55. The number of hydrogen-bond donors (Lipinski definition) is 2. The number of carbonyl (C=O) groups is 1. The lowest BCUT2D eigenvalue weighted by Crippen LogP contribution is -2.63. The summed E-state index contributed by atoms with van der Waals surface area (Å²) in [6.45, 7) is 6.98. The van der Waals surface area contributed by atoms with Crippen molar-refractivity contribution in [3.05, 3.63) is 59.2 Å². The van der Waals surface area contributed by atoms with Crippen molar-refractivity contribution in [2.24, 2.45) is 11.1 Å². The summed E-state index contributed by atoms with van der Waals surface area (Å²) in [6, 6.07) is 14.5. The number of fused-ring (bicyclic) bond motifs is 4. The molecule has 1 fully saturated rings. The summed E-state index contributed by atoms with van der Waals surface area (Å²) >= 11 is 0. The SMILES string of the molecule is CC(C)C(=O)Oc1ccc2c(c1)[C@@]1(C)CCN(C)C(C2)[C@H]1Nc1ccc(CCS(N)(=O)=O)cc1. The summed E-state index contributed by atoms with van der Waals surface area (Å²) in [4.78, 5) is 14.6. The molecule has 0 spiro atoms. The predicted octanol–water partition coefficient (Wildman–Crippen LogP) is 3.08. The first kappa shape index (κ1) is 24.7. The number of nitrogens with zero attached hydrogens (tertiary/aromatic N) is 1. The van der Waals surface area contributed by atoms with E-state index in [1.54, 1.807) is 0 Å². The van der Waals surface area contributed by atoms with Gasteiger partial charge in [0.1, 0.15) is 5.75 Å². The van der Waals surface area contributed by atoms with E-state index in [1.165, 1.54) is 11.1 Å². The van der Waals surface area contributed by atoms with Crippen molar-refractivity contribution < 1.29 is 17.9 Å². The zero-order chi connectivity index (χ0) is 24.7.